The number of amides is 2. The first-order valence-corrected chi connectivity index (χ1v) is 8.37. The van der Waals surface area contributed by atoms with Gasteiger partial charge >= 0.3 is 0 Å². The molecule has 0 atom stereocenters. The largest absolute Gasteiger partial charge is 0.378 e. The van der Waals surface area contributed by atoms with Gasteiger partial charge in [0, 0.05) is 31.9 Å². The minimum atomic E-state index is -0.487. The Labute approximate surface area is 161 Å². The van der Waals surface area contributed by atoms with Crippen molar-refractivity contribution in [3.63, 3.8) is 0 Å². The Morgan fingerprint density at radius 3 is 2.27 bits per heavy atom. The van der Waals surface area contributed by atoms with Crippen LogP contribution in [0.5, 0.6) is 0 Å². The quantitative estimate of drug-likeness (QED) is 0.584. The Morgan fingerprint density at radius 2 is 1.77 bits per heavy atom. The van der Waals surface area contributed by atoms with E-state index >= 15 is 0 Å². The number of nitrogens with zero attached hydrogens (tertiary/aromatic N) is 3. The number of hydrogen-bond donors (Lipinski definition) is 0. The van der Waals surface area contributed by atoms with Crippen molar-refractivity contribution in [2.24, 2.45) is 0 Å². The lowest BCUT2D eigenvalue weighted by Gasteiger charge is -2.27. The maximum Gasteiger partial charge on any atom is 0.271 e. The first kappa shape index (κ1) is 21.5. The van der Waals surface area contributed by atoms with Crippen molar-refractivity contribution >= 4 is 36.0 Å². The third-order valence-electron chi connectivity index (χ3n) is 4.28. The van der Waals surface area contributed by atoms with Gasteiger partial charge < -0.3 is 4.90 Å². The smallest absolute Gasteiger partial charge is 0.271 e. The molecule has 1 aliphatic heterocycles. The summed E-state index contributed by atoms with van der Waals surface area (Å²) in [5.41, 5.74) is 2.82. The molecule has 138 valence electrons. The summed E-state index contributed by atoms with van der Waals surface area (Å²) in [5, 5.41) is 9.34. The van der Waals surface area contributed by atoms with E-state index < -0.39 is 5.91 Å². The lowest BCUT2D eigenvalue weighted by molar-refractivity contribution is -0.140. The van der Waals surface area contributed by atoms with Crippen LogP contribution in [0.1, 0.15) is 32.3 Å². The molecule has 1 aromatic carbocycles. The minimum Gasteiger partial charge on any atom is -0.378 e. The van der Waals surface area contributed by atoms with E-state index in [2.05, 4.69) is 0 Å². The highest BCUT2D eigenvalue weighted by atomic mass is 35.5. The van der Waals surface area contributed by atoms with Crippen LogP contribution in [0.4, 0.5) is 5.69 Å². The van der Waals surface area contributed by atoms with E-state index in [-0.39, 0.29) is 23.9 Å². The van der Waals surface area contributed by atoms with Crippen LogP contribution in [0, 0.1) is 11.3 Å². The number of benzene rings is 1. The normalized spacial score (nSPS) is 15.8. The lowest BCUT2D eigenvalue weighted by Crippen LogP contribution is -2.43. The van der Waals surface area contributed by atoms with Gasteiger partial charge in [-0.25, -0.2) is 0 Å². The molecular weight excluding hydrogens is 350 g/mol. The third-order valence-corrected chi connectivity index (χ3v) is 4.28. The van der Waals surface area contributed by atoms with Crippen LogP contribution < -0.4 is 4.90 Å². The average Bonchev–Trinajstić information content (AvgIpc) is 2.59. The van der Waals surface area contributed by atoms with E-state index in [0.717, 1.165) is 24.1 Å². The molecule has 1 aromatic rings. The Balaban J connectivity index is 0.00000338. The molecule has 0 saturated heterocycles. The molecule has 0 N–H and O–H groups in total. The number of unbranched alkanes of at least 4 members (excludes halogenated alkanes) is 1. The molecule has 26 heavy (non-hydrogen) atoms. The molecule has 0 unspecified atom stereocenters. The molecule has 1 heterocycles. The molecule has 0 spiro atoms. The van der Waals surface area contributed by atoms with Crippen molar-refractivity contribution in [2.45, 2.75) is 26.7 Å². The molecular formula is C20H24ClN3O2. The predicted molar refractivity (Wildman–Crippen MR) is 106 cm³/mol. The number of halogens is 1. The number of hydrogen-bond acceptors (Lipinski definition) is 4. The molecule has 6 heteroatoms. The Morgan fingerprint density at radius 1 is 1.15 bits per heavy atom. The molecule has 2 rings (SSSR count). The van der Waals surface area contributed by atoms with E-state index in [9.17, 15) is 14.9 Å². The van der Waals surface area contributed by atoms with Crippen LogP contribution in [-0.4, -0.2) is 37.4 Å². The summed E-state index contributed by atoms with van der Waals surface area (Å²) in [5.74, 6) is -0.815. The third kappa shape index (κ3) is 4.33. The van der Waals surface area contributed by atoms with E-state index in [1.54, 1.807) is 13.0 Å². The summed E-state index contributed by atoms with van der Waals surface area (Å²) in [6.07, 6.45) is 3.34. The molecule has 0 fully saturated rings. The van der Waals surface area contributed by atoms with Gasteiger partial charge in [0.1, 0.15) is 11.6 Å². The van der Waals surface area contributed by atoms with Gasteiger partial charge in [0.25, 0.3) is 11.8 Å². The van der Waals surface area contributed by atoms with Gasteiger partial charge in [-0.1, -0.05) is 25.5 Å². The first-order valence-electron chi connectivity index (χ1n) is 8.37. The van der Waals surface area contributed by atoms with E-state index in [1.807, 2.05) is 56.3 Å². The van der Waals surface area contributed by atoms with Crippen molar-refractivity contribution in [1.29, 1.82) is 5.26 Å². The van der Waals surface area contributed by atoms with Crippen molar-refractivity contribution in [3.05, 3.63) is 46.5 Å². The second-order valence-corrected chi connectivity index (χ2v) is 6.27. The maximum absolute atomic E-state index is 12.8. The zero-order valence-electron chi connectivity index (χ0n) is 15.6. The van der Waals surface area contributed by atoms with Crippen LogP contribution in [0.15, 0.2) is 41.0 Å². The van der Waals surface area contributed by atoms with Gasteiger partial charge in [0.2, 0.25) is 0 Å². The number of anilines is 1. The van der Waals surface area contributed by atoms with Crippen LogP contribution in [0.3, 0.4) is 0 Å². The van der Waals surface area contributed by atoms with Crippen LogP contribution in [0.25, 0.3) is 6.08 Å². The number of carbonyl (C=O) groups is 2. The molecule has 0 aromatic heterocycles. The maximum atomic E-state index is 12.8. The Hall–Kier alpha value is -2.58. The second-order valence-electron chi connectivity index (χ2n) is 6.27. The second kappa shape index (κ2) is 9.21. The van der Waals surface area contributed by atoms with Crippen molar-refractivity contribution < 1.29 is 9.59 Å². The predicted octanol–water partition coefficient (Wildman–Crippen LogP) is 3.57. The molecule has 0 aliphatic carbocycles. The standard InChI is InChI=1S/C20H23N3O2.ClH/c1-5-6-11-23-19(24)17(14(2)18(13-21)20(23)25)12-15-7-9-16(10-8-15)22(3)4;/h7-10,12H,5-6,11H2,1-4H3;1H. The van der Waals surface area contributed by atoms with Gasteiger partial charge in [-0.2, -0.15) is 5.26 Å². The zero-order chi connectivity index (χ0) is 18.6. The fourth-order valence-corrected chi connectivity index (χ4v) is 2.68. The van der Waals surface area contributed by atoms with Crippen LogP contribution >= 0.6 is 12.4 Å². The number of imide groups is 1. The van der Waals surface area contributed by atoms with Gasteiger partial charge in [0.05, 0.1) is 0 Å². The Kier molecular flexibility index (Phi) is 7.60. The van der Waals surface area contributed by atoms with E-state index in [1.165, 1.54) is 4.90 Å². The highest BCUT2D eigenvalue weighted by Gasteiger charge is 2.34. The molecule has 0 bridgehead atoms. The number of carbonyl (C=O) groups excluding carboxylic acids is 2. The van der Waals surface area contributed by atoms with Gasteiger partial charge in [-0.05, 0) is 42.7 Å². The number of rotatable bonds is 5. The fraction of sp³-hybridized carbons (Fsp3) is 0.350. The van der Waals surface area contributed by atoms with Crippen LogP contribution in [0.2, 0.25) is 0 Å². The van der Waals surface area contributed by atoms with Crippen LogP contribution in [-0.2, 0) is 9.59 Å². The van der Waals surface area contributed by atoms with Crippen molar-refractivity contribution in [1.82, 2.24) is 4.90 Å². The monoisotopic (exact) mass is 373 g/mol. The van der Waals surface area contributed by atoms with Gasteiger partial charge in [-0.3, -0.25) is 14.5 Å². The molecule has 0 saturated carbocycles. The summed E-state index contributed by atoms with van der Waals surface area (Å²) in [7, 11) is 3.92. The minimum absolute atomic E-state index is 0. The van der Waals surface area contributed by atoms with Crippen molar-refractivity contribution in [3.8, 4) is 6.07 Å². The number of nitriles is 1. The summed E-state index contributed by atoms with van der Waals surface area (Å²) in [6.45, 7) is 3.99. The Bertz CT molecular complexity index is 786. The molecule has 5 nitrogen and oxygen atoms in total. The summed E-state index contributed by atoms with van der Waals surface area (Å²) >= 11 is 0. The van der Waals surface area contributed by atoms with Crippen molar-refractivity contribution in [2.75, 3.05) is 25.5 Å². The first-order chi connectivity index (χ1) is 11.9. The molecule has 0 radical (unpaired) electrons. The summed E-state index contributed by atoms with van der Waals surface area (Å²) < 4.78 is 0. The SMILES string of the molecule is CCCCN1C(=O)C(=Cc2ccc(N(C)C)cc2)C(C)=C(C#N)C1=O.Cl. The molecule has 1 aliphatic rings. The fourth-order valence-electron chi connectivity index (χ4n) is 2.68. The van der Waals surface area contributed by atoms with Gasteiger partial charge in [-0.15, -0.1) is 12.4 Å². The summed E-state index contributed by atoms with van der Waals surface area (Å²) in [4.78, 5) is 28.4. The molecule has 2 amide bonds. The topological polar surface area (TPSA) is 64.4 Å². The van der Waals surface area contributed by atoms with Gasteiger partial charge in [0.15, 0.2) is 0 Å². The lowest BCUT2D eigenvalue weighted by atomic mass is 9.93. The zero-order valence-corrected chi connectivity index (χ0v) is 16.4. The highest BCUT2D eigenvalue weighted by molar-refractivity contribution is 6.19. The van der Waals surface area contributed by atoms with E-state index in [4.69, 9.17) is 0 Å². The highest BCUT2D eigenvalue weighted by Crippen LogP contribution is 2.27. The summed E-state index contributed by atoms with van der Waals surface area (Å²) in [6, 6.07) is 9.72. The average molecular weight is 374 g/mol. The van der Waals surface area contributed by atoms with E-state index in [0.29, 0.717) is 17.7 Å².